The van der Waals surface area contributed by atoms with Crippen molar-refractivity contribution in [2.45, 2.75) is 37.6 Å². The summed E-state index contributed by atoms with van der Waals surface area (Å²) in [5.74, 6) is -1.32. The fourth-order valence-corrected chi connectivity index (χ4v) is 3.03. The highest BCUT2D eigenvalue weighted by atomic mass is 32.2. The number of benzene rings is 1. The molecule has 116 valence electrons. The Morgan fingerprint density at radius 3 is 2.48 bits per heavy atom. The number of nitrogens with zero attached hydrogens (tertiary/aromatic N) is 1. The summed E-state index contributed by atoms with van der Waals surface area (Å²) in [5.41, 5.74) is -1.71. The minimum Gasteiger partial charge on any atom is -0.480 e. The Morgan fingerprint density at radius 2 is 2.05 bits per heavy atom. The van der Waals surface area contributed by atoms with Gasteiger partial charge in [-0.2, -0.15) is 4.72 Å². The molecule has 0 aliphatic rings. The number of aryl methyl sites for hydroxylation is 1. The van der Waals surface area contributed by atoms with Gasteiger partial charge in [0.1, 0.15) is 5.54 Å². The normalized spacial score (nSPS) is 14.4. The van der Waals surface area contributed by atoms with Crippen molar-refractivity contribution in [2.75, 3.05) is 0 Å². The zero-order valence-corrected chi connectivity index (χ0v) is 12.6. The van der Waals surface area contributed by atoms with E-state index in [1.807, 2.05) is 0 Å². The predicted molar refractivity (Wildman–Crippen MR) is 74.5 cm³/mol. The van der Waals surface area contributed by atoms with Crippen LogP contribution in [0.5, 0.6) is 0 Å². The maximum Gasteiger partial charge on any atom is 0.324 e. The lowest BCUT2D eigenvalue weighted by Crippen LogP contribution is -2.51. The molecule has 8 nitrogen and oxygen atoms in total. The maximum absolute atomic E-state index is 12.2. The molecule has 0 radical (unpaired) electrons. The average molecular weight is 316 g/mol. The first-order valence-electron chi connectivity index (χ1n) is 6.06. The van der Waals surface area contributed by atoms with Gasteiger partial charge in [-0.15, -0.1) is 0 Å². The topological polar surface area (TPSA) is 127 Å². The SMILES string of the molecule is CCC(C)(NS(=O)(=O)c1ccc(C)c([N+](=O)[O-])c1)C(=O)O. The standard InChI is InChI=1S/C12H16N2O6S/c1-4-12(3,11(15)16)13-21(19,20)9-6-5-8(2)10(7-9)14(17)18/h5-7,13H,4H2,1-3H3,(H,15,16). The van der Waals surface area contributed by atoms with Crippen LogP contribution in [-0.2, 0) is 14.8 Å². The largest absolute Gasteiger partial charge is 0.480 e. The van der Waals surface area contributed by atoms with E-state index in [1.165, 1.54) is 32.9 Å². The van der Waals surface area contributed by atoms with Crippen LogP contribution in [-0.4, -0.2) is 30.0 Å². The number of sulfonamides is 1. The van der Waals surface area contributed by atoms with Gasteiger partial charge in [0, 0.05) is 11.6 Å². The number of carbonyl (C=O) groups is 1. The molecule has 0 heterocycles. The number of rotatable bonds is 6. The van der Waals surface area contributed by atoms with E-state index in [4.69, 9.17) is 5.11 Å². The van der Waals surface area contributed by atoms with Crippen molar-refractivity contribution in [1.29, 1.82) is 0 Å². The van der Waals surface area contributed by atoms with Gasteiger partial charge in [0.25, 0.3) is 5.69 Å². The zero-order chi connectivity index (χ0) is 16.4. The van der Waals surface area contributed by atoms with Gasteiger partial charge in [0.15, 0.2) is 0 Å². The maximum atomic E-state index is 12.2. The summed E-state index contributed by atoms with van der Waals surface area (Å²) in [5, 5.41) is 19.9. The molecule has 0 saturated carbocycles. The van der Waals surface area contributed by atoms with E-state index in [0.717, 1.165) is 6.07 Å². The molecule has 0 aromatic heterocycles. The minimum atomic E-state index is -4.18. The molecule has 0 aliphatic heterocycles. The van der Waals surface area contributed by atoms with Crippen LogP contribution in [0.1, 0.15) is 25.8 Å². The minimum absolute atomic E-state index is 0.0233. The van der Waals surface area contributed by atoms with Crippen molar-refractivity contribution in [2.24, 2.45) is 0 Å². The number of nitro benzene ring substituents is 1. The lowest BCUT2D eigenvalue weighted by molar-refractivity contribution is -0.385. The lowest BCUT2D eigenvalue weighted by atomic mass is 10.0. The lowest BCUT2D eigenvalue weighted by Gasteiger charge is -2.24. The smallest absolute Gasteiger partial charge is 0.324 e. The Bertz CT molecular complexity index is 685. The Morgan fingerprint density at radius 1 is 1.48 bits per heavy atom. The van der Waals surface area contributed by atoms with Crippen molar-refractivity contribution in [3.8, 4) is 0 Å². The van der Waals surface area contributed by atoms with Crippen LogP contribution in [0.15, 0.2) is 23.1 Å². The molecule has 0 spiro atoms. The van der Waals surface area contributed by atoms with E-state index < -0.39 is 26.5 Å². The van der Waals surface area contributed by atoms with Crippen LogP contribution in [0.4, 0.5) is 5.69 Å². The number of nitro groups is 1. The molecule has 0 fully saturated rings. The third-order valence-electron chi connectivity index (χ3n) is 3.23. The van der Waals surface area contributed by atoms with Gasteiger partial charge in [0.2, 0.25) is 10.0 Å². The first kappa shape index (κ1) is 17.1. The predicted octanol–water partition coefficient (Wildman–Crippen LogP) is 1.43. The fraction of sp³-hybridized carbons (Fsp3) is 0.417. The summed E-state index contributed by atoms with van der Waals surface area (Å²) >= 11 is 0. The van der Waals surface area contributed by atoms with Crippen molar-refractivity contribution < 1.29 is 23.2 Å². The third-order valence-corrected chi connectivity index (χ3v) is 4.82. The number of nitrogens with one attached hydrogen (secondary N) is 1. The van der Waals surface area contributed by atoms with E-state index >= 15 is 0 Å². The third kappa shape index (κ3) is 3.56. The fourth-order valence-electron chi connectivity index (χ4n) is 1.58. The van der Waals surface area contributed by atoms with E-state index in [0.29, 0.717) is 5.56 Å². The highest BCUT2D eigenvalue weighted by Crippen LogP contribution is 2.23. The first-order chi connectivity index (χ1) is 9.53. The number of hydrogen-bond acceptors (Lipinski definition) is 5. The molecule has 1 unspecified atom stereocenters. The molecular weight excluding hydrogens is 300 g/mol. The average Bonchev–Trinajstić information content (AvgIpc) is 2.37. The van der Waals surface area contributed by atoms with Gasteiger partial charge in [-0.3, -0.25) is 14.9 Å². The number of aliphatic carboxylic acids is 1. The van der Waals surface area contributed by atoms with Crippen LogP contribution >= 0.6 is 0 Å². The van der Waals surface area contributed by atoms with Gasteiger partial charge in [0.05, 0.1) is 9.82 Å². The summed E-state index contributed by atoms with van der Waals surface area (Å²) in [6.07, 6.45) is 0.0233. The Kier molecular flexibility index (Phi) is 4.69. The Labute approximate surface area is 122 Å². The Hall–Kier alpha value is -2.00. The molecule has 0 aliphatic carbocycles. The number of carboxylic acids is 1. The molecular formula is C12H16N2O6S. The summed E-state index contributed by atoms with van der Waals surface area (Å²) in [6, 6.07) is 3.41. The van der Waals surface area contributed by atoms with Crippen LogP contribution in [0.3, 0.4) is 0 Å². The van der Waals surface area contributed by atoms with Crippen molar-refractivity contribution >= 4 is 21.7 Å². The quantitative estimate of drug-likeness (QED) is 0.604. The first-order valence-corrected chi connectivity index (χ1v) is 7.54. The van der Waals surface area contributed by atoms with Crippen LogP contribution in [0.25, 0.3) is 0 Å². The van der Waals surface area contributed by atoms with Crippen LogP contribution in [0.2, 0.25) is 0 Å². The zero-order valence-electron chi connectivity index (χ0n) is 11.8. The Balaban J connectivity index is 3.29. The van der Waals surface area contributed by atoms with Gasteiger partial charge < -0.3 is 5.11 Å². The van der Waals surface area contributed by atoms with Gasteiger partial charge >= 0.3 is 5.97 Å². The van der Waals surface area contributed by atoms with E-state index in [-0.39, 0.29) is 17.0 Å². The van der Waals surface area contributed by atoms with E-state index in [2.05, 4.69) is 4.72 Å². The molecule has 1 atom stereocenters. The summed E-state index contributed by atoms with van der Waals surface area (Å²) in [4.78, 5) is 21.0. The summed E-state index contributed by atoms with van der Waals surface area (Å²) < 4.78 is 26.5. The monoisotopic (exact) mass is 316 g/mol. The second kappa shape index (κ2) is 5.78. The highest BCUT2D eigenvalue weighted by molar-refractivity contribution is 7.89. The second-order valence-corrected chi connectivity index (χ2v) is 6.48. The van der Waals surface area contributed by atoms with Gasteiger partial charge in [-0.1, -0.05) is 13.0 Å². The van der Waals surface area contributed by atoms with Crippen molar-refractivity contribution in [1.82, 2.24) is 4.72 Å². The van der Waals surface area contributed by atoms with Gasteiger partial charge in [-0.25, -0.2) is 8.42 Å². The summed E-state index contributed by atoms with van der Waals surface area (Å²) in [6.45, 7) is 4.24. The molecule has 0 saturated heterocycles. The van der Waals surface area contributed by atoms with Gasteiger partial charge in [-0.05, 0) is 26.3 Å². The number of hydrogen-bond donors (Lipinski definition) is 2. The van der Waals surface area contributed by atoms with E-state index in [1.54, 1.807) is 0 Å². The molecule has 0 bridgehead atoms. The molecule has 2 N–H and O–H groups in total. The molecule has 0 amide bonds. The van der Waals surface area contributed by atoms with Crippen molar-refractivity contribution in [3.05, 3.63) is 33.9 Å². The molecule has 1 aromatic rings. The highest BCUT2D eigenvalue weighted by Gasteiger charge is 2.36. The summed E-state index contributed by atoms with van der Waals surface area (Å²) in [7, 11) is -4.18. The van der Waals surface area contributed by atoms with Crippen LogP contribution in [0, 0.1) is 17.0 Å². The van der Waals surface area contributed by atoms with Crippen molar-refractivity contribution in [3.63, 3.8) is 0 Å². The molecule has 1 aromatic carbocycles. The molecule has 9 heteroatoms. The number of carboxylic acid groups (broad SMARTS) is 1. The van der Waals surface area contributed by atoms with Crippen LogP contribution < -0.4 is 4.72 Å². The molecule has 21 heavy (non-hydrogen) atoms. The molecule has 1 rings (SSSR count). The second-order valence-electron chi connectivity index (χ2n) is 4.80. The van der Waals surface area contributed by atoms with E-state index in [9.17, 15) is 23.3 Å².